The highest BCUT2D eigenvalue weighted by Crippen LogP contribution is 2.40. The second kappa shape index (κ2) is 9.42. The lowest BCUT2D eigenvalue weighted by Gasteiger charge is -2.32. The zero-order valence-electron chi connectivity index (χ0n) is 18.7. The van der Waals surface area contributed by atoms with Crippen molar-refractivity contribution in [2.75, 3.05) is 39.4 Å². The smallest absolute Gasteiger partial charge is 0.194 e. The molecule has 0 spiro atoms. The second-order valence-corrected chi connectivity index (χ2v) is 9.94. The van der Waals surface area contributed by atoms with Crippen molar-refractivity contribution < 1.29 is 4.74 Å². The maximum absolute atomic E-state index is 5.87. The molecule has 0 saturated carbocycles. The van der Waals surface area contributed by atoms with E-state index < -0.39 is 0 Å². The largest absolute Gasteiger partial charge is 0.379 e. The molecule has 9 heteroatoms. The van der Waals surface area contributed by atoms with Crippen molar-refractivity contribution in [3.05, 3.63) is 78.4 Å². The average molecular weight is 491 g/mol. The van der Waals surface area contributed by atoms with Crippen molar-refractivity contribution in [3.8, 4) is 5.13 Å². The Kier molecular flexibility index (Phi) is 6.00. The van der Waals surface area contributed by atoms with E-state index in [0.29, 0.717) is 0 Å². The number of pyridine rings is 1. The Bertz CT molecular complexity index is 1250. The van der Waals surface area contributed by atoms with Gasteiger partial charge in [-0.15, -0.1) is 0 Å². The van der Waals surface area contributed by atoms with Gasteiger partial charge in [0.1, 0.15) is 0 Å². The fraction of sp³-hybridized carbons (Fsp3) is 0.320. The zero-order chi connectivity index (χ0) is 22.9. The maximum atomic E-state index is 5.87. The van der Waals surface area contributed by atoms with Crippen LogP contribution in [0, 0.1) is 0 Å². The number of fused-ring (bicyclic) bond motifs is 1. The third-order valence-corrected chi connectivity index (χ3v) is 7.92. The Morgan fingerprint density at radius 1 is 1.03 bits per heavy atom. The van der Waals surface area contributed by atoms with E-state index >= 15 is 0 Å². The highest BCUT2D eigenvalue weighted by atomic mass is 32.1. The first kappa shape index (κ1) is 21.7. The molecule has 2 fully saturated rings. The van der Waals surface area contributed by atoms with Crippen LogP contribution in [0.5, 0.6) is 0 Å². The number of nitrogens with one attached hydrogen (secondary N) is 1. The van der Waals surface area contributed by atoms with Crippen LogP contribution in [0.1, 0.15) is 23.5 Å². The molecule has 34 heavy (non-hydrogen) atoms. The first-order valence-corrected chi connectivity index (χ1v) is 12.8. The van der Waals surface area contributed by atoms with Gasteiger partial charge in [0, 0.05) is 38.6 Å². The molecule has 0 unspecified atom stereocenters. The summed E-state index contributed by atoms with van der Waals surface area (Å²) in [4.78, 5) is 14.4. The van der Waals surface area contributed by atoms with Crippen molar-refractivity contribution in [2.24, 2.45) is 0 Å². The van der Waals surface area contributed by atoms with Crippen LogP contribution in [-0.4, -0.2) is 68.8 Å². The van der Waals surface area contributed by atoms with Crippen LogP contribution in [0.25, 0.3) is 15.3 Å². The van der Waals surface area contributed by atoms with E-state index in [1.807, 2.05) is 24.4 Å². The SMILES string of the molecule is S=C1N[C@@H](c2ccccn2)[C@H](c2cccn2-c2nc3ccccc3s2)N1CCN1CCOCC1. The van der Waals surface area contributed by atoms with Gasteiger partial charge in [0.15, 0.2) is 10.2 Å². The Morgan fingerprint density at radius 2 is 1.88 bits per heavy atom. The number of aromatic nitrogens is 3. The number of ether oxygens (including phenoxy) is 1. The van der Waals surface area contributed by atoms with Crippen LogP contribution >= 0.6 is 23.6 Å². The fourth-order valence-corrected chi connectivity index (χ4v) is 6.12. The minimum atomic E-state index is -0.0404. The Balaban J connectivity index is 1.37. The zero-order valence-corrected chi connectivity index (χ0v) is 20.3. The summed E-state index contributed by atoms with van der Waals surface area (Å²) in [6.45, 7) is 5.30. The lowest BCUT2D eigenvalue weighted by Crippen LogP contribution is -2.42. The van der Waals surface area contributed by atoms with Gasteiger partial charge in [-0.2, -0.15) is 0 Å². The van der Waals surface area contributed by atoms with Gasteiger partial charge in [-0.05, 0) is 48.6 Å². The van der Waals surface area contributed by atoms with Crippen LogP contribution in [0.3, 0.4) is 0 Å². The summed E-state index contributed by atoms with van der Waals surface area (Å²) in [6, 6.07) is 18.6. The molecular formula is C25H26N6OS2. The van der Waals surface area contributed by atoms with E-state index in [1.54, 1.807) is 11.3 Å². The number of thiazole rings is 1. The average Bonchev–Trinajstić information content (AvgIpc) is 3.60. The molecule has 3 aromatic heterocycles. The van der Waals surface area contributed by atoms with Crippen LogP contribution in [0.15, 0.2) is 67.0 Å². The van der Waals surface area contributed by atoms with Gasteiger partial charge in [-0.1, -0.05) is 29.5 Å². The van der Waals surface area contributed by atoms with E-state index in [2.05, 4.69) is 67.3 Å². The summed E-state index contributed by atoms with van der Waals surface area (Å²) in [6.07, 6.45) is 3.95. The van der Waals surface area contributed by atoms with Crippen LogP contribution in [0.2, 0.25) is 0 Å². The summed E-state index contributed by atoms with van der Waals surface area (Å²) >= 11 is 7.57. The number of rotatable bonds is 6. The van der Waals surface area contributed by atoms with Gasteiger partial charge in [0.2, 0.25) is 0 Å². The van der Waals surface area contributed by atoms with E-state index in [-0.39, 0.29) is 12.1 Å². The van der Waals surface area contributed by atoms with Crippen LogP contribution in [0.4, 0.5) is 0 Å². The molecule has 0 amide bonds. The number of hydrogen-bond donors (Lipinski definition) is 1. The lowest BCUT2D eigenvalue weighted by atomic mass is 10.0. The third kappa shape index (κ3) is 4.09. The Labute approximate surface area is 208 Å². The van der Waals surface area contributed by atoms with Crippen molar-refractivity contribution in [1.82, 2.24) is 29.7 Å². The standard InChI is InChI=1S/C25H26N6OS2/c33-24-28-22(19-7-3-4-10-26-19)23(31(24)13-12-29-14-16-32-17-15-29)20-8-5-11-30(20)25-27-18-6-1-2-9-21(18)34-25/h1-11,22-23H,12-17H2,(H,28,33)/t22-,23-/m0/s1. The number of nitrogens with zero attached hydrogens (tertiary/aromatic N) is 5. The Hall–Kier alpha value is -2.85. The number of benzene rings is 1. The molecule has 0 bridgehead atoms. The molecule has 2 aliphatic rings. The molecule has 4 aromatic rings. The summed E-state index contributed by atoms with van der Waals surface area (Å²) in [7, 11) is 0. The number of hydrogen-bond acceptors (Lipinski definition) is 6. The van der Waals surface area contributed by atoms with Gasteiger partial charge in [0.25, 0.3) is 0 Å². The minimum Gasteiger partial charge on any atom is -0.379 e. The highest BCUT2D eigenvalue weighted by Gasteiger charge is 2.41. The molecule has 2 atom stereocenters. The molecular weight excluding hydrogens is 464 g/mol. The number of morpholine rings is 1. The van der Waals surface area contributed by atoms with Crippen molar-refractivity contribution >= 4 is 38.9 Å². The molecule has 1 N–H and O–H groups in total. The summed E-state index contributed by atoms with van der Waals surface area (Å²) in [5, 5.41) is 5.31. The highest BCUT2D eigenvalue weighted by molar-refractivity contribution is 7.80. The van der Waals surface area contributed by atoms with Gasteiger partial charge >= 0.3 is 0 Å². The number of thiocarbonyl (C=S) groups is 1. The lowest BCUT2D eigenvalue weighted by molar-refractivity contribution is 0.0349. The molecule has 6 rings (SSSR count). The normalized spacial score (nSPS) is 21.3. The summed E-state index contributed by atoms with van der Waals surface area (Å²) < 4.78 is 8.92. The molecule has 174 valence electrons. The van der Waals surface area contributed by atoms with E-state index in [1.165, 1.54) is 4.70 Å². The molecule has 5 heterocycles. The molecule has 1 aromatic carbocycles. The van der Waals surface area contributed by atoms with E-state index in [4.69, 9.17) is 21.9 Å². The first-order chi connectivity index (χ1) is 16.8. The monoisotopic (exact) mass is 490 g/mol. The topological polar surface area (TPSA) is 58.5 Å². The molecule has 2 aliphatic heterocycles. The van der Waals surface area contributed by atoms with E-state index in [0.717, 1.165) is 66.5 Å². The van der Waals surface area contributed by atoms with Crippen molar-refractivity contribution in [3.63, 3.8) is 0 Å². The van der Waals surface area contributed by atoms with Crippen molar-refractivity contribution in [2.45, 2.75) is 12.1 Å². The first-order valence-electron chi connectivity index (χ1n) is 11.6. The summed E-state index contributed by atoms with van der Waals surface area (Å²) in [5.41, 5.74) is 3.16. The maximum Gasteiger partial charge on any atom is 0.194 e. The number of para-hydroxylation sites is 1. The van der Waals surface area contributed by atoms with Gasteiger partial charge in [0.05, 0.1) is 46.9 Å². The van der Waals surface area contributed by atoms with Gasteiger partial charge in [-0.25, -0.2) is 4.98 Å². The predicted molar refractivity (Wildman–Crippen MR) is 138 cm³/mol. The fourth-order valence-electron chi connectivity index (χ4n) is 4.81. The Morgan fingerprint density at radius 3 is 2.71 bits per heavy atom. The van der Waals surface area contributed by atoms with Crippen molar-refractivity contribution in [1.29, 1.82) is 0 Å². The molecule has 7 nitrogen and oxygen atoms in total. The van der Waals surface area contributed by atoms with E-state index in [9.17, 15) is 0 Å². The predicted octanol–water partition coefficient (Wildman–Crippen LogP) is 3.79. The van der Waals surface area contributed by atoms with Crippen LogP contribution in [-0.2, 0) is 4.74 Å². The van der Waals surface area contributed by atoms with Gasteiger partial charge in [-0.3, -0.25) is 14.5 Å². The second-order valence-electron chi connectivity index (χ2n) is 8.54. The molecule has 0 aliphatic carbocycles. The summed E-state index contributed by atoms with van der Waals surface area (Å²) in [5.74, 6) is 0. The third-order valence-electron chi connectivity index (χ3n) is 6.53. The minimum absolute atomic E-state index is 0.00505. The molecule has 0 radical (unpaired) electrons. The van der Waals surface area contributed by atoms with Gasteiger partial charge < -0.3 is 15.0 Å². The molecule has 2 saturated heterocycles. The van der Waals surface area contributed by atoms with Crippen LogP contribution < -0.4 is 5.32 Å². The quantitative estimate of drug-likeness (QED) is 0.413.